The Morgan fingerprint density at radius 1 is 2.00 bits per heavy atom. The second-order valence-electron chi connectivity index (χ2n) is 1.62. The molecule has 0 amide bonds. The second-order valence-corrected chi connectivity index (χ2v) is 1.62. The molecule has 2 heteroatoms. The van der Waals surface area contributed by atoms with Gasteiger partial charge >= 0.3 is 0 Å². The Morgan fingerprint density at radius 3 is 2.50 bits per heavy atom. The van der Waals surface area contributed by atoms with Gasteiger partial charge in [0.25, 0.3) is 0 Å². The van der Waals surface area contributed by atoms with E-state index >= 15 is 0 Å². The lowest BCUT2D eigenvalue weighted by molar-refractivity contribution is 0.813. The predicted octanol–water partition coefficient (Wildman–Crippen LogP) is -0.531. The van der Waals surface area contributed by atoms with E-state index in [1.54, 1.807) is 0 Å². The smallest absolute Gasteiger partial charge is 0.0524 e. The molecule has 1 aliphatic carbocycles. The van der Waals surface area contributed by atoms with Crippen LogP contribution in [0.3, 0.4) is 0 Å². The number of hydrogen-bond donors (Lipinski definition) is 2. The summed E-state index contributed by atoms with van der Waals surface area (Å²) in [4.78, 5) is 0. The van der Waals surface area contributed by atoms with Crippen molar-refractivity contribution in [2.45, 2.75) is 12.5 Å². The molecule has 1 fully saturated rings. The van der Waals surface area contributed by atoms with Crippen molar-refractivity contribution >= 4 is 0 Å². The van der Waals surface area contributed by atoms with Gasteiger partial charge in [0.15, 0.2) is 0 Å². The van der Waals surface area contributed by atoms with Gasteiger partial charge in [-0.15, -0.1) is 0 Å². The minimum atomic E-state index is 0.546. The Bertz CT molecular complexity index is 51.5. The van der Waals surface area contributed by atoms with Crippen LogP contribution < -0.4 is 11.1 Å². The lowest BCUT2D eigenvalue weighted by atomic mass is 10.7. The molecular formula is C4H9N2. The molecule has 0 saturated heterocycles. The average molecular weight is 85.1 g/mol. The van der Waals surface area contributed by atoms with Crippen molar-refractivity contribution in [2.24, 2.45) is 5.73 Å². The molecule has 3 N–H and O–H groups in total. The van der Waals surface area contributed by atoms with Crippen LogP contribution in [0, 0.1) is 6.04 Å². The van der Waals surface area contributed by atoms with E-state index in [0.717, 1.165) is 12.5 Å². The van der Waals surface area contributed by atoms with Gasteiger partial charge in [0, 0.05) is 6.04 Å². The van der Waals surface area contributed by atoms with Crippen molar-refractivity contribution in [1.29, 1.82) is 0 Å². The second kappa shape index (κ2) is 1.21. The number of rotatable bonds is 1. The van der Waals surface area contributed by atoms with E-state index in [-0.39, 0.29) is 0 Å². The van der Waals surface area contributed by atoms with E-state index in [0.29, 0.717) is 6.04 Å². The van der Waals surface area contributed by atoms with Gasteiger partial charge in [-0.1, -0.05) is 0 Å². The Hall–Kier alpha value is -0.0800. The third kappa shape index (κ3) is 0.533. The first-order valence-electron chi connectivity index (χ1n) is 2.13. The summed E-state index contributed by atoms with van der Waals surface area (Å²) in [6.07, 6.45) is 1.08. The first-order chi connectivity index (χ1) is 2.84. The first kappa shape index (κ1) is 4.09. The minimum absolute atomic E-state index is 0.546. The molecule has 1 unspecified atom stereocenters. The maximum absolute atomic E-state index is 5.33. The zero-order valence-electron chi connectivity index (χ0n) is 3.86. The van der Waals surface area contributed by atoms with Crippen LogP contribution in [0.5, 0.6) is 0 Å². The fourth-order valence-corrected chi connectivity index (χ4v) is 0.464. The summed E-state index contributed by atoms with van der Waals surface area (Å²) in [6.45, 7) is 0. The van der Waals surface area contributed by atoms with Crippen LogP contribution >= 0.6 is 0 Å². The molecule has 35 valence electrons. The van der Waals surface area contributed by atoms with Crippen molar-refractivity contribution in [2.75, 3.05) is 7.05 Å². The molecule has 0 bridgehead atoms. The van der Waals surface area contributed by atoms with Crippen molar-refractivity contribution < 1.29 is 0 Å². The molecule has 0 heterocycles. The van der Waals surface area contributed by atoms with E-state index in [9.17, 15) is 0 Å². The monoisotopic (exact) mass is 85.1 g/mol. The molecule has 0 aromatic carbocycles. The Labute approximate surface area is 37.7 Å². The highest BCUT2D eigenvalue weighted by molar-refractivity contribution is 5.14. The number of hydrogen-bond acceptors (Lipinski definition) is 2. The molecular weight excluding hydrogens is 76.1 g/mol. The van der Waals surface area contributed by atoms with Crippen LogP contribution in [-0.4, -0.2) is 13.1 Å². The van der Waals surface area contributed by atoms with Crippen LogP contribution in [0.2, 0.25) is 0 Å². The third-order valence-electron chi connectivity index (χ3n) is 1.08. The number of likely N-dealkylation sites (N-methyl/N-ethyl adjacent to an activating group) is 1. The highest BCUT2D eigenvalue weighted by atomic mass is 15.0. The number of nitrogens with one attached hydrogen (secondary N) is 1. The fourth-order valence-electron chi connectivity index (χ4n) is 0.464. The van der Waals surface area contributed by atoms with Gasteiger partial charge in [0.1, 0.15) is 0 Å². The first-order valence-corrected chi connectivity index (χ1v) is 2.13. The maximum atomic E-state index is 5.33. The van der Waals surface area contributed by atoms with Crippen LogP contribution in [-0.2, 0) is 0 Å². The molecule has 0 aromatic heterocycles. The summed E-state index contributed by atoms with van der Waals surface area (Å²) in [5.74, 6) is 0. The van der Waals surface area contributed by atoms with E-state index in [1.165, 1.54) is 0 Å². The molecule has 2 nitrogen and oxygen atoms in total. The molecule has 0 spiro atoms. The quantitative estimate of drug-likeness (QED) is 0.449. The van der Waals surface area contributed by atoms with E-state index < -0.39 is 0 Å². The summed E-state index contributed by atoms with van der Waals surface area (Å²) in [5, 5.41) is 3.03. The summed E-state index contributed by atoms with van der Waals surface area (Å²) in [5.41, 5.74) is 5.33. The summed E-state index contributed by atoms with van der Waals surface area (Å²) in [7, 11) is 1.92. The summed E-state index contributed by atoms with van der Waals surface area (Å²) in [6, 6.07) is 1.64. The molecule has 1 saturated carbocycles. The summed E-state index contributed by atoms with van der Waals surface area (Å²) >= 11 is 0. The lowest BCUT2D eigenvalue weighted by Crippen LogP contribution is -2.12. The van der Waals surface area contributed by atoms with Gasteiger partial charge in [0.05, 0.1) is 6.04 Å². The highest BCUT2D eigenvalue weighted by Gasteiger charge is 2.32. The van der Waals surface area contributed by atoms with Crippen LogP contribution in [0.1, 0.15) is 6.42 Å². The van der Waals surface area contributed by atoms with Crippen molar-refractivity contribution in [3.63, 3.8) is 0 Å². The predicted molar refractivity (Wildman–Crippen MR) is 24.9 cm³/mol. The van der Waals surface area contributed by atoms with E-state index in [1.807, 2.05) is 7.05 Å². The standard InChI is InChI=1S/C4H9N2/c1-6-4-2-3(4)5/h4,6H,2,5H2,1H3. The Kier molecular flexibility index (Phi) is 0.821. The lowest BCUT2D eigenvalue weighted by Gasteiger charge is -1.84. The average Bonchev–Trinajstić information content (AvgIpc) is 2.19. The van der Waals surface area contributed by atoms with Crippen molar-refractivity contribution in [1.82, 2.24) is 5.32 Å². The Balaban J connectivity index is 2.09. The van der Waals surface area contributed by atoms with Crippen LogP contribution in [0.4, 0.5) is 0 Å². The third-order valence-corrected chi connectivity index (χ3v) is 1.08. The molecule has 6 heavy (non-hydrogen) atoms. The van der Waals surface area contributed by atoms with Gasteiger partial charge in [-0.2, -0.15) is 0 Å². The van der Waals surface area contributed by atoms with Gasteiger partial charge < -0.3 is 11.1 Å². The normalized spacial score (nSPS) is 34.0. The largest absolute Gasteiger partial charge is 0.322 e. The molecule has 1 rings (SSSR count). The zero-order valence-corrected chi connectivity index (χ0v) is 3.86. The molecule has 1 atom stereocenters. The maximum Gasteiger partial charge on any atom is 0.0524 e. The van der Waals surface area contributed by atoms with Crippen LogP contribution in [0.15, 0.2) is 0 Å². The van der Waals surface area contributed by atoms with Gasteiger partial charge in [-0.05, 0) is 13.5 Å². The summed E-state index contributed by atoms with van der Waals surface area (Å²) < 4.78 is 0. The van der Waals surface area contributed by atoms with Gasteiger partial charge in [-0.3, -0.25) is 0 Å². The Morgan fingerprint density at radius 2 is 2.50 bits per heavy atom. The van der Waals surface area contributed by atoms with Crippen LogP contribution in [0.25, 0.3) is 0 Å². The van der Waals surface area contributed by atoms with E-state index in [4.69, 9.17) is 5.73 Å². The fraction of sp³-hybridized carbons (Fsp3) is 0.750. The van der Waals surface area contributed by atoms with Gasteiger partial charge in [0.2, 0.25) is 0 Å². The molecule has 0 aromatic rings. The van der Waals surface area contributed by atoms with E-state index in [2.05, 4.69) is 5.32 Å². The number of nitrogens with two attached hydrogens (primary N) is 1. The molecule has 1 radical (unpaired) electrons. The van der Waals surface area contributed by atoms with Gasteiger partial charge in [-0.25, -0.2) is 0 Å². The highest BCUT2D eigenvalue weighted by Crippen LogP contribution is 2.25. The SMILES string of the molecule is CNC1C[C]1N. The van der Waals surface area contributed by atoms with Crippen molar-refractivity contribution in [3.8, 4) is 0 Å². The molecule has 1 aliphatic rings. The van der Waals surface area contributed by atoms with Crippen molar-refractivity contribution in [3.05, 3.63) is 6.04 Å². The minimum Gasteiger partial charge on any atom is -0.322 e. The molecule has 0 aliphatic heterocycles. The zero-order chi connectivity index (χ0) is 4.57. The topological polar surface area (TPSA) is 38.0 Å².